The molecule has 0 spiro atoms. The lowest BCUT2D eigenvalue weighted by molar-refractivity contribution is -0.0204. The number of aliphatic hydroxyl groups is 1. The van der Waals surface area contributed by atoms with Crippen LogP contribution in [0.3, 0.4) is 0 Å². The third kappa shape index (κ3) is 2.74. The van der Waals surface area contributed by atoms with Crippen LogP contribution in [0, 0.1) is 23.7 Å². The number of rotatable bonds is 4. The van der Waals surface area contributed by atoms with Gasteiger partial charge < -0.3 is 19.1 Å². The van der Waals surface area contributed by atoms with Crippen molar-refractivity contribution in [3.05, 3.63) is 53.6 Å². The van der Waals surface area contributed by atoms with Crippen LogP contribution in [-0.2, 0) is 18.7 Å². The van der Waals surface area contributed by atoms with Gasteiger partial charge in [-0.05, 0) is 87.0 Å². The van der Waals surface area contributed by atoms with E-state index < -0.39 is 5.60 Å². The molecule has 3 aliphatic carbocycles. The van der Waals surface area contributed by atoms with Crippen molar-refractivity contribution in [3.63, 3.8) is 0 Å². The van der Waals surface area contributed by atoms with E-state index in [-0.39, 0.29) is 5.91 Å². The van der Waals surface area contributed by atoms with Crippen LogP contribution in [0.1, 0.15) is 54.9 Å². The van der Waals surface area contributed by atoms with E-state index in [2.05, 4.69) is 44.4 Å². The lowest BCUT2D eigenvalue weighted by Crippen LogP contribution is -2.53. The van der Waals surface area contributed by atoms with Crippen molar-refractivity contribution in [1.29, 1.82) is 0 Å². The third-order valence-corrected chi connectivity index (χ3v) is 10.4. The van der Waals surface area contributed by atoms with Gasteiger partial charge in [0.25, 0.3) is 5.91 Å². The van der Waals surface area contributed by atoms with Gasteiger partial charge in [0.15, 0.2) is 5.82 Å². The summed E-state index contributed by atoms with van der Waals surface area (Å²) < 4.78 is 4.74. The minimum Gasteiger partial charge on any atom is -0.385 e. The zero-order valence-corrected chi connectivity index (χ0v) is 21.2. The Kier molecular flexibility index (Phi) is 3.86. The first-order valence-corrected chi connectivity index (χ1v) is 14.1. The molecular weight excluding hydrogens is 460 g/mol. The summed E-state index contributed by atoms with van der Waals surface area (Å²) in [6, 6.07) is 15.3. The number of benzene rings is 2. The highest BCUT2D eigenvalue weighted by molar-refractivity contribution is 6.00. The van der Waals surface area contributed by atoms with Gasteiger partial charge in [-0.2, -0.15) is 0 Å². The number of para-hydroxylation sites is 1. The van der Waals surface area contributed by atoms with Gasteiger partial charge in [-0.15, -0.1) is 0 Å². The smallest absolute Gasteiger partial charge is 0.254 e. The minimum absolute atomic E-state index is 0.122. The van der Waals surface area contributed by atoms with Gasteiger partial charge >= 0.3 is 0 Å². The number of fused-ring (bicyclic) bond motifs is 1. The summed E-state index contributed by atoms with van der Waals surface area (Å²) in [5, 5.41) is 12.7. The molecule has 37 heavy (non-hydrogen) atoms. The summed E-state index contributed by atoms with van der Waals surface area (Å²) in [6.45, 7) is 4.52. The maximum atomic E-state index is 13.8. The highest BCUT2D eigenvalue weighted by Gasteiger charge is 2.61. The van der Waals surface area contributed by atoms with E-state index in [9.17, 15) is 9.90 Å². The van der Waals surface area contributed by atoms with Gasteiger partial charge in [-0.3, -0.25) is 4.79 Å². The Morgan fingerprint density at radius 1 is 1.14 bits per heavy atom. The van der Waals surface area contributed by atoms with E-state index in [1.165, 1.54) is 36.6 Å². The molecule has 0 bridgehead atoms. The maximum absolute atomic E-state index is 13.8. The van der Waals surface area contributed by atoms with E-state index in [0.717, 1.165) is 59.0 Å². The van der Waals surface area contributed by atoms with E-state index in [1.807, 2.05) is 19.1 Å². The van der Waals surface area contributed by atoms with E-state index in [0.29, 0.717) is 30.5 Å². The number of carbonyl (C=O) groups excluding carboxylic acids is 1. The fraction of sp³-hybridized carbons (Fsp3) is 0.484. The SMILES string of the molecule is C[C@@]1(O)CCn2c(-c3cc4ccccc4n3CC3CC3)nc3cc(C(=O)N4CC5CC6CC4[C@H]65)cc1c32. The Hall–Kier alpha value is -3.12. The molecule has 2 aromatic heterocycles. The van der Waals surface area contributed by atoms with E-state index in [4.69, 9.17) is 4.98 Å². The predicted octanol–water partition coefficient (Wildman–Crippen LogP) is 5.16. The summed E-state index contributed by atoms with van der Waals surface area (Å²) in [4.78, 5) is 21.1. The second-order valence-electron chi connectivity index (χ2n) is 12.7. The average molecular weight is 493 g/mol. The molecule has 5 atom stereocenters. The molecule has 3 saturated carbocycles. The quantitative estimate of drug-likeness (QED) is 0.428. The zero-order chi connectivity index (χ0) is 24.6. The van der Waals surface area contributed by atoms with Crippen LogP contribution in [0.4, 0.5) is 0 Å². The third-order valence-electron chi connectivity index (χ3n) is 10.4. The molecule has 188 valence electrons. The van der Waals surface area contributed by atoms with Gasteiger partial charge in [0, 0.05) is 47.7 Å². The first kappa shape index (κ1) is 20.9. The normalized spacial score (nSPS) is 31.5. The highest BCUT2D eigenvalue weighted by Crippen LogP contribution is 2.60. The molecule has 1 saturated heterocycles. The summed E-state index contributed by atoms with van der Waals surface area (Å²) in [5.41, 5.74) is 4.76. The second kappa shape index (κ2) is 6.84. The molecule has 4 heterocycles. The summed E-state index contributed by atoms with van der Waals surface area (Å²) >= 11 is 0. The molecule has 1 N–H and O–H groups in total. The van der Waals surface area contributed by atoms with Crippen LogP contribution in [-0.4, -0.2) is 42.6 Å². The Bertz CT molecular complexity index is 1640. The predicted molar refractivity (Wildman–Crippen MR) is 142 cm³/mol. The maximum Gasteiger partial charge on any atom is 0.254 e. The van der Waals surface area contributed by atoms with Crippen molar-refractivity contribution in [2.24, 2.45) is 23.7 Å². The number of hydrogen-bond acceptors (Lipinski definition) is 3. The number of imidazole rings is 1. The van der Waals surface area contributed by atoms with E-state index in [1.54, 1.807) is 0 Å². The lowest BCUT2D eigenvalue weighted by Gasteiger charge is -2.52. The van der Waals surface area contributed by atoms with E-state index >= 15 is 0 Å². The number of carbonyl (C=O) groups is 1. The first-order chi connectivity index (χ1) is 18.0. The van der Waals surface area contributed by atoms with Crippen LogP contribution >= 0.6 is 0 Å². The molecule has 4 aromatic rings. The molecular formula is C31H32N4O2. The van der Waals surface area contributed by atoms with Crippen molar-refractivity contribution in [1.82, 2.24) is 19.0 Å². The van der Waals surface area contributed by atoms with Crippen LogP contribution in [0.25, 0.3) is 33.5 Å². The summed E-state index contributed by atoms with van der Waals surface area (Å²) in [7, 11) is 0. The fourth-order valence-corrected chi connectivity index (χ4v) is 8.19. The monoisotopic (exact) mass is 492 g/mol. The zero-order valence-electron chi connectivity index (χ0n) is 21.2. The Balaban J connectivity index is 1.22. The van der Waals surface area contributed by atoms with Crippen molar-refractivity contribution in [2.75, 3.05) is 6.54 Å². The van der Waals surface area contributed by atoms with Crippen molar-refractivity contribution in [2.45, 2.75) is 63.8 Å². The number of likely N-dealkylation sites (tertiary alicyclic amines) is 1. The van der Waals surface area contributed by atoms with Gasteiger partial charge in [0.1, 0.15) is 0 Å². The van der Waals surface area contributed by atoms with Crippen molar-refractivity contribution >= 4 is 27.8 Å². The standard InChI is InChI=1S/C31H32N4O2/c1-31(37)8-9-33-28-22(31)11-20(30(36)35-16-21-10-19-14-25(35)27(19)21)12-23(28)32-29(33)26-13-18-4-2-3-5-24(18)34(26)15-17-6-7-17/h2-5,11-13,17,19,21,25,27,37H,6-10,14-16H2,1H3/t19?,21?,25?,27-,31-/m1/s1. The topological polar surface area (TPSA) is 63.3 Å². The Morgan fingerprint density at radius 2 is 2.00 bits per heavy atom. The fourth-order valence-electron chi connectivity index (χ4n) is 8.19. The van der Waals surface area contributed by atoms with Crippen molar-refractivity contribution < 1.29 is 9.90 Å². The average Bonchev–Trinajstić information content (AvgIpc) is 3.52. The number of nitrogens with zero attached hydrogens (tertiary/aromatic N) is 4. The summed E-state index contributed by atoms with van der Waals surface area (Å²) in [6.07, 6.45) is 5.66. The van der Waals surface area contributed by atoms with Crippen LogP contribution in [0.15, 0.2) is 42.5 Å². The molecule has 3 unspecified atom stereocenters. The van der Waals surface area contributed by atoms with Crippen molar-refractivity contribution in [3.8, 4) is 11.5 Å². The first-order valence-electron chi connectivity index (χ1n) is 14.1. The molecule has 0 radical (unpaired) electrons. The number of aromatic nitrogens is 3. The lowest BCUT2D eigenvalue weighted by atomic mass is 9.53. The van der Waals surface area contributed by atoms with Gasteiger partial charge in [-0.25, -0.2) is 4.98 Å². The second-order valence-corrected chi connectivity index (χ2v) is 12.7. The summed E-state index contributed by atoms with van der Waals surface area (Å²) in [5.74, 6) is 4.12. The Morgan fingerprint density at radius 3 is 2.81 bits per heavy atom. The number of amides is 1. The van der Waals surface area contributed by atoms with Gasteiger partial charge in [0.05, 0.1) is 22.3 Å². The van der Waals surface area contributed by atoms with Crippen LogP contribution in [0.2, 0.25) is 0 Å². The molecule has 2 aliphatic heterocycles. The molecule has 6 nitrogen and oxygen atoms in total. The largest absolute Gasteiger partial charge is 0.385 e. The molecule has 1 amide bonds. The van der Waals surface area contributed by atoms with Gasteiger partial charge in [0.2, 0.25) is 0 Å². The van der Waals surface area contributed by atoms with Crippen LogP contribution in [0.5, 0.6) is 0 Å². The highest BCUT2D eigenvalue weighted by atomic mass is 16.3. The molecule has 6 heteroatoms. The minimum atomic E-state index is -0.978. The molecule has 2 aromatic carbocycles. The molecule has 4 fully saturated rings. The number of hydrogen-bond donors (Lipinski definition) is 1. The molecule has 5 aliphatic rings. The molecule has 9 rings (SSSR count). The van der Waals surface area contributed by atoms with Crippen LogP contribution < -0.4 is 0 Å². The number of aryl methyl sites for hydroxylation is 1. The Labute approximate surface area is 215 Å². The van der Waals surface area contributed by atoms with Gasteiger partial charge in [-0.1, -0.05) is 18.2 Å².